The average molecular weight is 218 g/mol. The SMILES string of the molecule is O=C([O-])CCC(=O)P(=O)(O)OCO.[Li+]. The van der Waals surface area contributed by atoms with Crippen molar-refractivity contribution in [3.8, 4) is 0 Å². The molecule has 0 spiro atoms. The number of carboxylic acid groups (broad SMARTS) is 1. The van der Waals surface area contributed by atoms with Crippen molar-refractivity contribution in [1.29, 1.82) is 0 Å². The minimum Gasteiger partial charge on any atom is -0.550 e. The Hall–Kier alpha value is -0.153. The molecule has 0 fully saturated rings. The monoisotopic (exact) mass is 218 g/mol. The summed E-state index contributed by atoms with van der Waals surface area (Å²) in [5.74, 6) is -1.50. The van der Waals surface area contributed by atoms with Gasteiger partial charge in [-0.3, -0.25) is 13.9 Å². The molecule has 0 rings (SSSR count). The van der Waals surface area contributed by atoms with Crippen LogP contribution < -0.4 is 24.0 Å². The van der Waals surface area contributed by atoms with Gasteiger partial charge in [0.1, 0.15) is 0 Å². The maximum atomic E-state index is 10.7. The van der Waals surface area contributed by atoms with Crippen molar-refractivity contribution in [1.82, 2.24) is 0 Å². The van der Waals surface area contributed by atoms with E-state index in [1.54, 1.807) is 0 Å². The minimum atomic E-state index is -4.52. The van der Waals surface area contributed by atoms with E-state index >= 15 is 0 Å². The number of carbonyl (C=O) groups is 2. The molecule has 0 heterocycles. The van der Waals surface area contributed by atoms with Crippen LogP contribution in [0.15, 0.2) is 0 Å². The van der Waals surface area contributed by atoms with Crippen molar-refractivity contribution in [2.75, 3.05) is 6.79 Å². The Balaban J connectivity index is 0. The number of carbonyl (C=O) groups excluding carboxylic acids is 2. The molecule has 14 heavy (non-hydrogen) atoms. The summed E-state index contributed by atoms with van der Waals surface area (Å²) in [6.45, 7) is -1.08. The molecule has 0 aliphatic heterocycles. The standard InChI is InChI=1S/C5H9O7P.Li/c6-3-12-13(10,11)5(9)2-1-4(7)8;/h6H,1-3H2,(H,7,8)(H,10,11);/q;+1/p-1. The van der Waals surface area contributed by atoms with Crippen LogP contribution in [0.1, 0.15) is 12.8 Å². The third-order valence-electron chi connectivity index (χ3n) is 1.09. The van der Waals surface area contributed by atoms with E-state index in [1.165, 1.54) is 0 Å². The zero-order chi connectivity index (χ0) is 10.5. The Labute approximate surface area is 91.8 Å². The zero-order valence-electron chi connectivity index (χ0n) is 7.50. The molecule has 0 aliphatic carbocycles. The molecule has 1 atom stereocenters. The quantitative estimate of drug-likeness (QED) is 0.260. The van der Waals surface area contributed by atoms with E-state index in [2.05, 4.69) is 4.52 Å². The van der Waals surface area contributed by atoms with Gasteiger partial charge in [-0.2, -0.15) is 0 Å². The topological polar surface area (TPSA) is 124 Å². The first-order chi connectivity index (χ1) is 5.90. The fourth-order valence-corrected chi connectivity index (χ4v) is 1.20. The molecule has 0 aromatic rings. The van der Waals surface area contributed by atoms with Crippen molar-refractivity contribution in [3.63, 3.8) is 0 Å². The van der Waals surface area contributed by atoms with Gasteiger partial charge in [0.2, 0.25) is 5.52 Å². The van der Waals surface area contributed by atoms with E-state index in [0.717, 1.165) is 0 Å². The summed E-state index contributed by atoms with van der Waals surface area (Å²) in [6, 6.07) is 0. The van der Waals surface area contributed by atoms with Crippen LogP contribution in [0.25, 0.3) is 0 Å². The average Bonchev–Trinajstić information content (AvgIpc) is 1.99. The number of aliphatic carboxylic acids is 1. The summed E-state index contributed by atoms with van der Waals surface area (Å²) in [7, 11) is -4.52. The molecule has 0 aromatic carbocycles. The summed E-state index contributed by atoms with van der Waals surface area (Å²) < 4.78 is 14.6. The van der Waals surface area contributed by atoms with E-state index < -0.39 is 38.7 Å². The molecular formula is C5H8LiO7P. The molecule has 0 saturated carbocycles. The van der Waals surface area contributed by atoms with Crippen LogP contribution in [0.3, 0.4) is 0 Å². The van der Waals surface area contributed by atoms with Crippen molar-refractivity contribution in [2.45, 2.75) is 12.8 Å². The van der Waals surface area contributed by atoms with Crippen molar-refractivity contribution < 1.29 is 52.6 Å². The molecule has 2 N–H and O–H groups in total. The molecule has 1 unspecified atom stereocenters. The van der Waals surface area contributed by atoms with E-state index in [-0.39, 0.29) is 18.9 Å². The Morgan fingerprint density at radius 3 is 2.21 bits per heavy atom. The van der Waals surface area contributed by atoms with Crippen LogP contribution >= 0.6 is 7.60 Å². The summed E-state index contributed by atoms with van der Waals surface area (Å²) in [5.41, 5.74) is -1.26. The van der Waals surface area contributed by atoms with E-state index in [9.17, 15) is 19.3 Å². The minimum absolute atomic E-state index is 0. The Morgan fingerprint density at radius 2 is 1.86 bits per heavy atom. The number of hydrogen-bond donors (Lipinski definition) is 2. The van der Waals surface area contributed by atoms with Gasteiger partial charge >= 0.3 is 26.5 Å². The predicted molar refractivity (Wildman–Crippen MR) is 37.2 cm³/mol. The van der Waals surface area contributed by atoms with E-state index in [0.29, 0.717) is 0 Å². The third kappa shape index (κ3) is 6.32. The fraction of sp³-hybridized carbons (Fsp3) is 0.600. The third-order valence-corrected chi connectivity index (χ3v) is 2.41. The maximum absolute atomic E-state index is 10.7. The first-order valence-corrected chi connectivity index (χ1v) is 4.79. The number of aliphatic hydroxyl groups is 1. The van der Waals surface area contributed by atoms with Gasteiger partial charge in [-0.1, -0.05) is 0 Å². The van der Waals surface area contributed by atoms with Gasteiger partial charge in [-0.05, 0) is 6.42 Å². The van der Waals surface area contributed by atoms with E-state index in [1.807, 2.05) is 0 Å². The number of aliphatic hydroxyl groups excluding tert-OH is 1. The largest absolute Gasteiger partial charge is 1.00 e. The van der Waals surface area contributed by atoms with Gasteiger partial charge in [0, 0.05) is 12.4 Å². The molecular weight excluding hydrogens is 210 g/mol. The van der Waals surface area contributed by atoms with E-state index in [4.69, 9.17) is 10.00 Å². The first-order valence-electron chi connectivity index (χ1n) is 3.21. The molecule has 7 nitrogen and oxygen atoms in total. The van der Waals surface area contributed by atoms with Crippen LogP contribution in [0.2, 0.25) is 0 Å². The van der Waals surface area contributed by atoms with Crippen LogP contribution in [0.5, 0.6) is 0 Å². The zero-order valence-corrected chi connectivity index (χ0v) is 8.40. The molecule has 0 saturated heterocycles. The number of rotatable bonds is 6. The van der Waals surface area contributed by atoms with Gasteiger partial charge < -0.3 is 19.9 Å². The Kier molecular flexibility index (Phi) is 8.35. The van der Waals surface area contributed by atoms with Crippen molar-refractivity contribution >= 4 is 19.1 Å². The molecule has 9 heteroatoms. The first kappa shape index (κ1) is 16.3. The number of carboxylic acids is 1. The Bertz CT molecular complexity index is 252. The van der Waals surface area contributed by atoms with Gasteiger partial charge in [0.15, 0.2) is 6.79 Å². The van der Waals surface area contributed by atoms with Gasteiger partial charge in [0.25, 0.3) is 0 Å². The molecule has 76 valence electrons. The number of hydrogen-bond acceptors (Lipinski definition) is 6. The van der Waals surface area contributed by atoms with Crippen LogP contribution in [-0.2, 0) is 18.7 Å². The second-order valence-electron chi connectivity index (χ2n) is 2.04. The van der Waals surface area contributed by atoms with Crippen LogP contribution in [-0.4, -0.2) is 28.3 Å². The van der Waals surface area contributed by atoms with Gasteiger partial charge in [0.05, 0.1) is 0 Å². The smallest absolute Gasteiger partial charge is 0.550 e. The maximum Gasteiger partial charge on any atom is 1.00 e. The second-order valence-corrected chi connectivity index (χ2v) is 3.84. The molecule has 0 bridgehead atoms. The summed E-state index contributed by atoms with van der Waals surface area (Å²) in [6.07, 6.45) is -1.31. The van der Waals surface area contributed by atoms with Crippen molar-refractivity contribution in [3.05, 3.63) is 0 Å². The summed E-state index contributed by atoms with van der Waals surface area (Å²) in [4.78, 5) is 29.3. The fourth-order valence-electron chi connectivity index (χ4n) is 0.501. The molecule has 0 aromatic heterocycles. The predicted octanol–water partition coefficient (Wildman–Crippen LogP) is -4.80. The molecule has 0 radical (unpaired) electrons. The Morgan fingerprint density at radius 1 is 1.36 bits per heavy atom. The molecule has 0 amide bonds. The normalized spacial score (nSPS) is 13.9. The summed E-state index contributed by atoms with van der Waals surface area (Å²) >= 11 is 0. The van der Waals surface area contributed by atoms with Crippen molar-refractivity contribution in [2.24, 2.45) is 0 Å². The second kappa shape index (κ2) is 7.18. The van der Waals surface area contributed by atoms with Gasteiger partial charge in [-0.15, -0.1) is 0 Å². The van der Waals surface area contributed by atoms with Gasteiger partial charge in [-0.25, -0.2) is 0 Å². The molecule has 0 aliphatic rings. The van der Waals surface area contributed by atoms with Crippen LogP contribution in [0, 0.1) is 0 Å². The summed E-state index contributed by atoms with van der Waals surface area (Å²) in [5, 5.41) is 18.0. The van der Waals surface area contributed by atoms with Crippen LogP contribution in [0.4, 0.5) is 0 Å².